The van der Waals surface area contributed by atoms with E-state index in [-0.39, 0.29) is 11.7 Å². The van der Waals surface area contributed by atoms with E-state index in [1.807, 2.05) is 37.3 Å². The van der Waals surface area contributed by atoms with Gasteiger partial charge in [0, 0.05) is 24.8 Å². The lowest BCUT2D eigenvalue weighted by Crippen LogP contribution is -2.07. The molecule has 2 rings (SSSR count). The van der Waals surface area contributed by atoms with Gasteiger partial charge in [-0.05, 0) is 48.4 Å². The van der Waals surface area contributed by atoms with E-state index in [4.69, 9.17) is 0 Å². The number of benzene rings is 2. The number of aromatic hydroxyl groups is 1. The average Bonchev–Trinajstić information content (AvgIpc) is 2.39. The van der Waals surface area contributed by atoms with Gasteiger partial charge < -0.3 is 15.7 Å². The van der Waals surface area contributed by atoms with Crippen LogP contribution in [0.5, 0.6) is 5.75 Å². The molecule has 0 fully saturated rings. The molecule has 0 radical (unpaired) electrons. The van der Waals surface area contributed by atoms with Gasteiger partial charge in [0.25, 0.3) is 0 Å². The topological polar surface area (TPSA) is 61.4 Å². The lowest BCUT2D eigenvalue weighted by atomic mass is 10.1. The summed E-state index contributed by atoms with van der Waals surface area (Å²) in [4.78, 5) is 11.0. The molecule has 4 nitrogen and oxygen atoms in total. The number of nitrogens with one attached hydrogen (secondary N) is 2. The maximum absolute atomic E-state index is 11.0. The first-order valence-corrected chi connectivity index (χ1v) is 6.44. The van der Waals surface area contributed by atoms with Crippen LogP contribution in [-0.4, -0.2) is 11.0 Å². The molecule has 0 aliphatic carbocycles. The summed E-state index contributed by atoms with van der Waals surface area (Å²) in [6, 6.07) is 12.9. The third-order valence-electron chi connectivity index (χ3n) is 2.94. The van der Waals surface area contributed by atoms with Gasteiger partial charge in [0.2, 0.25) is 5.91 Å². The van der Waals surface area contributed by atoms with Gasteiger partial charge in [0.15, 0.2) is 0 Å². The van der Waals surface area contributed by atoms with Crippen molar-refractivity contribution < 1.29 is 9.90 Å². The van der Waals surface area contributed by atoms with E-state index in [1.54, 1.807) is 12.1 Å². The lowest BCUT2D eigenvalue weighted by molar-refractivity contribution is -0.114. The van der Waals surface area contributed by atoms with Crippen LogP contribution in [0.2, 0.25) is 0 Å². The molecule has 0 heterocycles. The second-order valence-corrected chi connectivity index (χ2v) is 4.73. The van der Waals surface area contributed by atoms with Gasteiger partial charge in [0.1, 0.15) is 5.75 Å². The summed E-state index contributed by atoms with van der Waals surface area (Å²) in [6.45, 7) is 4.08. The van der Waals surface area contributed by atoms with Crippen LogP contribution in [0.4, 0.5) is 11.4 Å². The Labute approximate surface area is 118 Å². The quantitative estimate of drug-likeness (QED) is 0.799. The van der Waals surface area contributed by atoms with E-state index in [0.29, 0.717) is 6.54 Å². The second kappa shape index (κ2) is 6.10. The zero-order valence-corrected chi connectivity index (χ0v) is 11.6. The smallest absolute Gasteiger partial charge is 0.221 e. The maximum Gasteiger partial charge on any atom is 0.221 e. The Balaban J connectivity index is 2.03. The highest BCUT2D eigenvalue weighted by Crippen LogP contribution is 2.20. The van der Waals surface area contributed by atoms with E-state index >= 15 is 0 Å². The number of hydrogen-bond donors (Lipinski definition) is 3. The number of carbonyl (C=O) groups excluding carboxylic acids is 1. The molecule has 0 aromatic heterocycles. The number of phenolic OH excluding ortho intramolecular Hbond substituents is 1. The highest BCUT2D eigenvalue weighted by Gasteiger charge is 2.02. The molecule has 0 aliphatic heterocycles. The van der Waals surface area contributed by atoms with Gasteiger partial charge in [-0.25, -0.2) is 0 Å². The number of amides is 1. The maximum atomic E-state index is 11.0. The number of anilines is 2. The molecule has 20 heavy (non-hydrogen) atoms. The highest BCUT2D eigenvalue weighted by atomic mass is 16.3. The second-order valence-electron chi connectivity index (χ2n) is 4.73. The fourth-order valence-corrected chi connectivity index (χ4v) is 1.97. The molecule has 2 aromatic rings. The molecule has 0 bridgehead atoms. The number of phenols is 1. The van der Waals surface area contributed by atoms with Crippen molar-refractivity contribution in [2.75, 3.05) is 10.6 Å². The predicted molar refractivity (Wildman–Crippen MR) is 80.9 cm³/mol. The summed E-state index contributed by atoms with van der Waals surface area (Å²) < 4.78 is 0. The normalized spacial score (nSPS) is 10.1. The van der Waals surface area contributed by atoms with E-state index in [2.05, 4.69) is 10.6 Å². The Morgan fingerprint density at radius 2 is 2.00 bits per heavy atom. The molecule has 0 saturated carbocycles. The van der Waals surface area contributed by atoms with Gasteiger partial charge in [-0.3, -0.25) is 4.79 Å². The first-order chi connectivity index (χ1) is 9.54. The fourth-order valence-electron chi connectivity index (χ4n) is 1.97. The molecule has 2 aromatic carbocycles. The Hall–Kier alpha value is -2.49. The summed E-state index contributed by atoms with van der Waals surface area (Å²) in [5, 5.41) is 15.5. The van der Waals surface area contributed by atoms with Crippen LogP contribution in [0.1, 0.15) is 18.1 Å². The summed E-state index contributed by atoms with van der Waals surface area (Å²) in [6.07, 6.45) is 0. The number of carbonyl (C=O) groups is 1. The van der Waals surface area contributed by atoms with E-state index < -0.39 is 0 Å². The lowest BCUT2D eigenvalue weighted by Gasteiger charge is -2.11. The van der Waals surface area contributed by atoms with Crippen LogP contribution in [-0.2, 0) is 11.3 Å². The Bertz CT molecular complexity index is 624. The summed E-state index contributed by atoms with van der Waals surface area (Å²) in [5.41, 5.74) is 3.80. The van der Waals surface area contributed by atoms with Crippen LogP contribution in [0, 0.1) is 6.92 Å². The number of rotatable bonds is 4. The number of aryl methyl sites for hydroxylation is 1. The number of hydrogen-bond acceptors (Lipinski definition) is 3. The molecule has 0 atom stereocenters. The van der Waals surface area contributed by atoms with E-state index in [9.17, 15) is 9.90 Å². The Morgan fingerprint density at radius 3 is 2.65 bits per heavy atom. The summed E-state index contributed by atoms with van der Waals surface area (Å²) in [5.74, 6) is 0.190. The van der Waals surface area contributed by atoms with Crippen LogP contribution in [0.15, 0.2) is 42.5 Å². The molecular formula is C16H18N2O2. The van der Waals surface area contributed by atoms with Crippen molar-refractivity contribution in [1.29, 1.82) is 0 Å². The van der Waals surface area contributed by atoms with Crippen molar-refractivity contribution in [3.05, 3.63) is 53.6 Å². The van der Waals surface area contributed by atoms with Gasteiger partial charge in [-0.2, -0.15) is 0 Å². The van der Waals surface area contributed by atoms with Gasteiger partial charge in [0.05, 0.1) is 0 Å². The average molecular weight is 270 g/mol. The minimum atomic E-state index is -0.0754. The molecule has 4 heteroatoms. The van der Waals surface area contributed by atoms with Crippen molar-refractivity contribution in [2.24, 2.45) is 0 Å². The summed E-state index contributed by atoms with van der Waals surface area (Å²) in [7, 11) is 0. The Morgan fingerprint density at radius 1 is 1.20 bits per heavy atom. The SMILES string of the molecule is CC(=O)Nc1ccc(NCc2cccc(O)c2)cc1C. The molecule has 0 unspecified atom stereocenters. The predicted octanol–water partition coefficient (Wildman–Crippen LogP) is 3.27. The molecule has 0 spiro atoms. The van der Waals surface area contributed by atoms with Gasteiger partial charge >= 0.3 is 0 Å². The van der Waals surface area contributed by atoms with Crippen LogP contribution in [0.3, 0.4) is 0 Å². The van der Waals surface area contributed by atoms with Gasteiger partial charge in [-0.15, -0.1) is 0 Å². The van der Waals surface area contributed by atoms with E-state index in [1.165, 1.54) is 6.92 Å². The molecular weight excluding hydrogens is 252 g/mol. The van der Waals surface area contributed by atoms with Crippen molar-refractivity contribution in [3.63, 3.8) is 0 Å². The molecule has 3 N–H and O–H groups in total. The first kappa shape index (κ1) is 13.9. The largest absolute Gasteiger partial charge is 0.508 e. The molecule has 1 amide bonds. The van der Waals surface area contributed by atoms with Gasteiger partial charge in [-0.1, -0.05) is 12.1 Å². The zero-order valence-electron chi connectivity index (χ0n) is 11.6. The van der Waals surface area contributed by atoms with E-state index in [0.717, 1.165) is 22.5 Å². The third-order valence-corrected chi connectivity index (χ3v) is 2.94. The Kier molecular flexibility index (Phi) is 4.25. The fraction of sp³-hybridized carbons (Fsp3) is 0.188. The minimum absolute atomic E-state index is 0.0754. The van der Waals surface area contributed by atoms with Crippen molar-refractivity contribution >= 4 is 17.3 Å². The molecule has 104 valence electrons. The van der Waals surface area contributed by atoms with Crippen LogP contribution >= 0.6 is 0 Å². The molecule has 0 saturated heterocycles. The minimum Gasteiger partial charge on any atom is -0.508 e. The van der Waals surface area contributed by atoms with Crippen molar-refractivity contribution in [2.45, 2.75) is 20.4 Å². The molecule has 0 aliphatic rings. The highest BCUT2D eigenvalue weighted by molar-refractivity contribution is 5.89. The summed E-state index contributed by atoms with van der Waals surface area (Å²) >= 11 is 0. The van der Waals surface area contributed by atoms with Crippen molar-refractivity contribution in [1.82, 2.24) is 0 Å². The van der Waals surface area contributed by atoms with Crippen molar-refractivity contribution in [3.8, 4) is 5.75 Å². The third kappa shape index (κ3) is 3.75. The van der Waals surface area contributed by atoms with Crippen LogP contribution < -0.4 is 10.6 Å². The zero-order chi connectivity index (χ0) is 14.5. The standard InChI is InChI=1S/C16H18N2O2/c1-11-8-14(6-7-16(11)18-12(2)19)17-10-13-4-3-5-15(20)9-13/h3-9,17,20H,10H2,1-2H3,(H,18,19). The van der Waals surface area contributed by atoms with Crippen LogP contribution in [0.25, 0.3) is 0 Å². The monoisotopic (exact) mass is 270 g/mol. The first-order valence-electron chi connectivity index (χ1n) is 6.44.